The smallest absolute Gasteiger partial charge is 0.254 e. The van der Waals surface area contributed by atoms with Gasteiger partial charge in [0.25, 0.3) is 5.91 Å². The molecule has 1 aromatic heterocycles. The van der Waals surface area contributed by atoms with Gasteiger partial charge in [-0.2, -0.15) is 0 Å². The molecule has 1 fully saturated rings. The summed E-state index contributed by atoms with van der Waals surface area (Å²) in [5.41, 5.74) is 0.697. The first-order chi connectivity index (χ1) is 14.3. The standard InChI is InChI=1S/C24H25NO3S/c26-24(19-8-10-22(11-9-19)28-21-5-2-1-3-6-21)25(20-13-16-27-17-14-20)15-12-23-7-4-18-29-23/h1-11,18,20H,12-17H2. The van der Waals surface area contributed by atoms with Crippen molar-refractivity contribution < 1.29 is 14.3 Å². The van der Waals surface area contributed by atoms with Crippen LogP contribution in [-0.4, -0.2) is 36.6 Å². The van der Waals surface area contributed by atoms with E-state index >= 15 is 0 Å². The molecule has 2 aromatic carbocycles. The molecule has 150 valence electrons. The van der Waals surface area contributed by atoms with Crippen LogP contribution < -0.4 is 4.74 Å². The van der Waals surface area contributed by atoms with Gasteiger partial charge in [-0.05, 0) is 67.1 Å². The molecule has 2 heterocycles. The lowest BCUT2D eigenvalue weighted by molar-refractivity contribution is 0.0294. The summed E-state index contributed by atoms with van der Waals surface area (Å²) in [7, 11) is 0. The van der Waals surface area contributed by atoms with Crippen LogP contribution in [0.15, 0.2) is 72.1 Å². The lowest BCUT2D eigenvalue weighted by Crippen LogP contribution is -2.44. The van der Waals surface area contributed by atoms with E-state index in [1.807, 2.05) is 59.5 Å². The Morgan fingerprint density at radius 3 is 2.38 bits per heavy atom. The van der Waals surface area contributed by atoms with Gasteiger partial charge >= 0.3 is 0 Å². The monoisotopic (exact) mass is 407 g/mol. The molecule has 0 spiro atoms. The van der Waals surface area contributed by atoms with E-state index in [-0.39, 0.29) is 11.9 Å². The Hall–Kier alpha value is -2.63. The van der Waals surface area contributed by atoms with Crippen LogP contribution in [0.4, 0.5) is 0 Å². The predicted molar refractivity (Wildman–Crippen MR) is 116 cm³/mol. The van der Waals surface area contributed by atoms with Gasteiger partial charge < -0.3 is 14.4 Å². The van der Waals surface area contributed by atoms with Crippen LogP contribution in [0.2, 0.25) is 0 Å². The minimum absolute atomic E-state index is 0.0831. The van der Waals surface area contributed by atoms with Gasteiger partial charge in [0.2, 0.25) is 0 Å². The second-order valence-corrected chi connectivity index (χ2v) is 8.14. The number of carbonyl (C=O) groups is 1. The molecule has 1 aliphatic heterocycles. The zero-order valence-electron chi connectivity index (χ0n) is 16.3. The van der Waals surface area contributed by atoms with Crippen LogP contribution in [0.5, 0.6) is 11.5 Å². The molecule has 0 radical (unpaired) electrons. The van der Waals surface area contributed by atoms with Crippen molar-refractivity contribution >= 4 is 17.2 Å². The summed E-state index contributed by atoms with van der Waals surface area (Å²) >= 11 is 1.74. The van der Waals surface area contributed by atoms with Crippen LogP contribution >= 0.6 is 11.3 Å². The summed E-state index contributed by atoms with van der Waals surface area (Å²) in [6.07, 6.45) is 2.67. The van der Waals surface area contributed by atoms with Gasteiger partial charge in [-0.25, -0.2) is 0 Å². The Labute approximate surface area is 175 Å². The van der Waals surface area contributed by atoms with E-state index in [9.17, 15) is 4.79 Å². The normalized spacial score (nSPS) is 14.5. The van der Waals surface area contributed by atoms with Crippen LogP contribution in [0.3, 0.4) is 0 Å². The van der Waals surface area contributed by atoms with E-state index < -0.39 is 0 Å². The molecule has 1 aliphatic rings. The summed E-state index contributed by atoms with van der Waals surface area (Å²) in [6.45, 7) is 2.17. The maximum atomic E-state index is 13.3. The molecule has 1 saturated heterocycles. The van der Waals surface area contributed by atoms with Crippen molar-refractivity contribution in [3.63, 3.8) is 0 Å². The fourth-order valence-electron chi connectivity index (χ4n) is 3.59. The highest BCUT2D eigenvalue weighted by atomic mass is 32.1. The number of amides is 1. The fraction of sp³-hybridized carbons (Fsp3) is 0.292. The molecule has 1 amide bonds. The average molecular weight is 408 g/mol. The third-order valence-corrected chi connectivity index (χ3v) is 6.09. The van der Waals surface area contributed by atoms with E-state index in [0.29, 0.717) is 5.56 Å². The van der Waals surface area contributed by atoms with E-state index in [1.54, 1.807) is 11.3 Å². The SMILES string of the molecule is O=C(c1ccc(Oc2ccccc2)cc1)N(CCc1cccs1)C1CCOCC1. The van der Waals surface area contributed by atoms with Gasteiger partial charge in [0, 0.05) is 36.2 Å². The number of nitrogens with zero attached hydrogens (tertiary/aromatic N) is 1. The van der Waals surface area contributed by atoms with Crippen molar-refractivity contribution in [3.05, 3.63) is 82.6 Å². The minimum atomic E-state index is 0.0831. The summed E-state index contributed by atoms with van der Waals surface area (Å²) < 4.78 is 11.4. The zero-order valence-corrected chi connectivity index (χ0v) is 17.1. The molecule has 0 N–H and O–H groups in total. The van der Waals surface area contributed by atoms with E-state index in [2.05, 4.69) is 17.5 Å². The first-order valence-electron chi connectivity index (χ1n) is 10.0. The number of ether oxygens (including phenoxy) is 2. The maximum Gasteiger partial charge on any atom is 0.254 e. The van der Waals surface area contributed by atoms with Crippen molar-refractivity contribution in [2.45, 2.75) is 25.3 Å². The van der Waals surface area contributed by atoms with Crippen molar-refractivity contribution in [1.82, 2.24) is 4.90 Å². The fourth-order valence-corrected chi connectivity index (χ4v) is 4.29. The highest BCUT2D eigenvalue weighted by Crippen LogP contribution is 2.23. The number of rotatable bonds is 7. The maximum absolute atomic E-state index is 13.3. The number of hydrogen-bond acceptors (Lipinski definition) is 4. The molecule has 0 atom stereocenters. The molecule has 3 aromatic rings. The summed E-state index contributed by atoms with van der Waals surface area (Å²) in [5, 5.41) is 2.08. The lowest BCUT2D eigenvalue weighted by atomic mass is 10.0. The largest absolute Gasteiger partial charge is 0.457 e. The molecular formula is C24H25NO3S. The molecular weight excluding hydrogens is 382 g/mol. The molecule has 4 rings (SSSR count). The molecule has 0 unspecified atom stereocenters. The van der Waals surface area contributed by atoms with Crippen LogP contribution in [0.1, 0.15) is 28.1 Å². The van der Waals surface area contributed by atoms with Crippen molar-refractivity contribution in [3.8, 4) is 11.5 Å². The lowest BCUT2D eigenvalue weighted by Gasteiger charge is -2.34. The Bertz CT molecular complexity index is 888. The van der Waals surface area contributed by atoms with Crippen molar-refractivity contribution in [2.75, 3.05) is 19.8 Å². The van der Waals surface area contributed by atoms with Crippen LogP contribution in [0, 0.1) is 0 Å². The number of benzene rings is 2. The summed E-state index contributed by atoms with van der Waals surface area (Å²) in [6, 6.07) is 21.5. The summed E-state index contributed by atoms with van der Waals surface area (Å²) in [5.74, 6) is 1.59. The minimum Gasteiger partial charge on any atom is -0.457 e. The van der Waals surface area contributed by atoms with Crippen molar-refractivity contribution in [1.29, 1.82) is 0 Å². The van der Waals surface area contributed by atoms with E-state index in [0.717, 1.165) is 50.5 Å². The first-order valence-corrected chi connectivity index (χ1v) is 10.9. The Morgan fingerprint density at radius 2 is 1.69 bits per heavy atom. The zero-order chi connectivity index (χ0) is 19.9. The Kier molecular flexibility index (Phi) is 6.60. The predicted octanol–water partition coefficient (Wildman–Crippen LogP) is 5.40. The van der Waals surface area contributed by atoms with E-state index in [4.69, 9.17) is 9.47 Å². The molecule has 4 nitrogen and oxygen atoms in total. The third-order valence-electron chi connectivity index (χ3n) is 5.15. The average Bonchev–Trinajstić information content (AvgIpc) is 3.29. The second kappa shape index (κ2) is 9.72. The number of para-hydroxylation sites is 1. The van der Waals surface area contributed by atoms with Crippen LogP contribution in [0.25, 0.3) is 0 Å². The number of carbonyl (C=O) groups excluding carboxylic acids is 1. The van der Waals surface area contributed by atoms with Gasteiger partial charge in [-0.15, -0.1) is 11.3 Å². The quantitative estimate of drug-likeness (QED) is 0.526. The van der Waals surface area contributed by atoms with E-state index in [1.165, 1.54) is 4.88 Å². The topological polar surface area (TPSA) is 38.8 Å². The third kappa shape index (κ3) is 5.25. The van der Waals surface area contributed by atoms with Gasteiger partial charge in [-0.3, -0.25) is 4.79 Å². The summed E-state index contributed by atoms with van der Waals surface area (Å²) in [4.78, 5) is 16.7. The highest BCUT2D eigenvalue weighted by Gasteiger charge is 2.26. The number of thiophene rings is 1. The first kappa shape index (κ1) is 19.7. The second-order valence-electron chi connectivity index (χ2n) is 7.11. The highest BCUT2D eigenvalue weighted by molar-refractivity contribution is 7.09. The molecule has 0 saturated carbocycles. The van der Waals surface area contributed by atoms with Gasteiger partial charge in [0.15, 0.2) is 0 Å². The van der Waals surface area contributed by atoms with Crippen molar-refractivity contribution in [2.24, 2.45) is 0 Å². The van der Waals surface area contributed by atoms with Gasteiger partial charge in [-0.1, -0.05) is 24.3 Å². The Morgan fingerprint density at radius 1 is 0.966 bits per heavy atom. The molecule has 29 heavy (non-hydrogen) atoms. The van der Waals surface area contributed by atoms with Gasteiger partial charge in [0.1, 0.15) is 11.5 Å². The molecule has 5 heteroatoms. The molecule has 0 aliphatic carbocycles. The molecule has 0 bridgehead atoms. The van der Waals surface area contributed by atoms with Gasteiger partial charge in [0.05, 0.1) is 0 Å². The van der Waals surface area contributed by atoms with Crippen LogP contribution in [-0.2, 0) is 11.2 Å². The number of hydrogen-bond donors (Lipinski definition) is 0. The Balaban J connectivity index is 1.46.